The van der Waals surface area contributed by atoms with Crippen molar-refractivity contribution >= 4 is 26.0 Å². The molecule has 0 bridgehead atoms. The Morgan fingerprint density at radius 2 is 2.00 bits per heavy atom. The van der Waals surface area contributed by atoms with Crippen LogP contribution in [0, 0.1) is 0 Å². The third-order valence-corrected chi connectivity index (χ3v) is 6.96. The minimum absolute atomic E-state index is 0.0577. The molecule has 120 valence electrons. The lowest BCUT2D eigenvalue weighted by atomic mass is 9.75. The first-order valence-electron chi connectivity index (χ1n) is 6.76. The van der Waals surface area contributed by atoms with E-state index in [1.54, 1.807) is 7.05 Å². The summed E-state index contributed by atoms with van der Waals surface area (Å²) >= 11 is 3.11. The molecule has 0 unspecified atom stereocenters. The normalized spacial score (nSPS) is 18.2. The molecule has 2 rings (SSSR count). The van der Waals surface area contributed by atoms with Crippen LogP contribution >= 0.6 is 15.9 Å². The highest BCUT2D eigenvalue weighted by Crippen LogP contribution is 2.38. The largest absolute Gasteiger partial charge is 0.450 e. The van der Waals surface area contributed by atoms with Crippen molar-refractivity contribution in [3.05, 3.63) is 16.5 Å². The summed E-state index contributed by atoms with van der Waals surface area (Å²) < 4.78 is 32.0. The molecule has 8 heteroatoms. The predicted molar refractivity (Wildman–Crippen MR) is 82.4 cm³/mol. The first-order chi connectivity index (χ1) is 9.73. The summed E-state index contributed by atoms with van der Waals surface area (Å²) in [6.45, 7) is 0.105. The summed E-state index contributed by atoms with van der Waals surface area (Å²) in [4.78, 5) is 2.16. The van der Waals surface area contributed by atoms with Gasteiger partial charge in [0.2, 0.25) is 10.0 Å². The molecule has 0 spiro atoms. The van der Waals surface area contributed by atoms with Gasteiger partial charge in [-0.15, -0.1) is 0 Å². The number of aliphatic hydroxyl groups is 1. The van der Waals surface area contributed by atoms with Gasteiger partial charge in [0.1, 0.15) is 17.3 Å². The number of nitrogens with zero attached hydrogens (tertiary/aromatic N) is 2. The van der Waals surface area contributed by atoms with Gasteiger partial charge < -0.3 is 14.4 Å². The van der Waals surface area contributed by atoms with Crippen LogP contribution in [0.25, 0.3) is 0 Å². The maximum absolute atomic E-state index is 12.7. The molecule has 1 N–H and O–H groups in total. The summed E-state index contributed by atoms with van der Waals surface area (Å²) in [5, 5.41) is 9.06. The van der Waals surface area contributed by atoms with Gasteiger partial charge in [-0.3, -0.25) is 0 Å². The molecule has 0 atom stereocenters. The van der Waals surface area contributed by atoms with E-state index in [-0.39, 0.29) is 27.5 Å². The monoisotopic (exact) mass is 380 g/mol. The molecule has 0 amide bonds. The van der Waals surface area contributed by atoms with Gasteiger partial charge in [-0.05, 0) is 49.3 Å². The van der Waals surface area contributed by atoms with Crippen LogP contribution in [0.2, 0.25) is 0 Å². The van der Waals surface area contributed by atoms with E-state index in [1.165, 1.54) is 10.4 Å². The summed E-state index contributed by atoms with van der Waals surface area (Å²) in [7, 11) is 1.90. The molecule has 1 aromatic heterocycles. The van der Waals surface area contributed by atoms with Gasteiger partial charge in [0, 0.05) is 25.2 Å². The summed E-state index contributed by atoms with van der Waals surface area (Å²) in [5.41, 5.74) is -0.0855. The van der Waals surface area contributed by atoms with Gasteiger partial charge in [0.05, 0.1) is 0 Å². The molecule has 1 aliphatic carbocycles. The Bertz CT molecular complexity index is 608. The maximum Gasteiger partial charge on any atom is 0.247 e. The highest BCUT2D eigenvalue weighted by atomic mass is 79.9. The number of furan rings is 1. The third kappa shape index (κ3) is 3.05. The van der Waals surface area contributed by atoms with Crippen LogP contribution in [0.15, 0.2) is 20.0 Å². The number of aliphatic hydroxyl groups excluding tert-OH is 1. The van der Waals surface area contributed by atoms with Crippen molar-refractivity contribution in [3.63, 3.8) is 0 Å². The second-order valence-corrected chi connectivity index (χ2v) is 8.48. The Balaban J connectivity index is 2.24. The fourth-order valence-corrected chi connectivity index (χ4v) is 4.86. The Kier molecular flexibility index (Phi) is 4.84. The average Bonchev–Trinajstić information content (AvgIpc) is 2.74. The third-order valence-electron chi connectivity index (χ3n) is 4.30. The molecule has 6 nitrogen and oxygen atoms in total. The molecule has 1 heterocycles. The van der Waals surface area contributed by atoms with E-state index in [9.17, 15) is 8.42 Å². The van der Waals surface area contributed by atoms with Crippen LogP contribution in [-0.4, -0.2) is 56.0 Å². The Morgan fingerprint density at radius 3 is 2.38 bits per heavy atom. The van der Waals surface area contributed by atoms with E-state index in [0.717, 1.165) is 19.3 Å². The van der Waals surface area contributed by atoms with Crippen molar-refractivity contribution in [2.75, 3.05) is 27.7 Å². The first kappa shape index (κ1) is 17.0. The summed E-state index contributed by atoms with van der Waals surface area (Å²) in [6, 6.07) is 1.36. The van der Waals surface area contributed by atoms with Gasteiger partial charge >= 0.3 is 0 Å². The number of likely N-dealkylation sites (N-methyl/N-ethyl adjacent to an activating group) is 2. The van der Waals surface area contributed by atoms with Crippen LogP contribution in [0.1, 0.15) is 25.0 Å². The van der Waals surface area contributed by atoms with Crippen molar-refractivity contribution in [2.45, 2.75) is 36.3 Å². The van der Waals surface area contributed by atoms with Gasteiger partial charge in [-0.25, -0.2) is 8.42 Å². The Labute approximate surface area is 133 Å². The van der Waals surface area contributed by atoms with E-state index in [1.807, 2.05) is 14.1 Å². The van der Waals surface area contributed by atoms with Gasteiger partial charge in [0.25, 0.3) is 0 Å². The molecular formula is C13H21BrN2O4S. The van der Waals surface area contributed by atoms with E-state index in [0.29, 0.717) is 6.54 Å². The second-order valence-electron chi connectivity index (χ2n) is 5.74. The number of hydrogen-bond acceptors (Lipinski definition) is 5. The Morgan fingerprint density at radius 1 is 1.38 bits per heavy atom. The summed E-state index contributed by atoms with van der Waals surface area (Å²) in [5.74, 6) is 0.222. The number of hydrogen-bond donors (Lipinski definition) is 1. The quantitative estimate of drug-likeness (QED) is 0.811. The van der Waals surface area contributed by atoms with Gasteiger partial charge in [-0.1, -0.05) is 0 Å². The molecule has 0 radical (unpaired) electrons. The summed E-state index contributed by atoms with van der Waals surface area (Å²) in [6.07, 6.45) is 3.11. The smallest absolute Gasteiger partial charge is 0.247 e. The zero-order valence-electron chi connectivity index (χ0n) is 12.5. The van der Waals surface area contributed by atoms with Crippen LogP contribution < -0.4 is 0 Å². The van der Waals surface area contributed by atoms with Crippen LogP contribution in [0.4, 0.5) is 0 Å². The number of rotatable bonds is 6. The molecule has 0 aromatic carbocycles. The molecule has 1 saturated carbocycles. The molecule has 1 aliphatic rings. The van der Waals surface area contributed by atoms with E-state index >= 15 is 0 Å². The molecular weight excluding hydrogens is 360 g/mol. The zero-order valence-corrected chi connectivity index (χ0v) is 14.9. The Hall–Kier alpha value is -0.410. The molecule has 0 aliphatic heterocycles. The lowest BCUT2D eigenvalue weighted by molar-refractivity contribution is 0.0455. The van der Waals surface area contributed by atoms with Crippen LogP contribution in [0.3, 0.4) is 0 Å². The molecule has 0 saturated heterocycles. The average molecular weight is 381 g/mol. The lowest BCUT2D eigenvalue weighted by Gasteiger charge is -2.48. The maximum atomic E-state index is 12.7. The molecule has 1 fully saturated rings. The van der Waals surface area contributed by atoms with Crippen molar-refractivity contribution < 1.29 is 17.9 Å². The highest BCUT2D eigenvalue weighted by molar-refractivity contribution is 9.10. The zero-order chi connectivity index (χ0) is 15.8. The standard InChI is InChI=1S/C13H21BrN2O4S/c1-15(2)13(5-4-6-13)9-16(3)21(18,19)11-7-10(8-17)20-12(11)14/h7,17H,4-6,8-9H2,1-3H3. The SMILES string of the molecule is CN(C)C1(CN(C)S(=O)(=O)c2cc(CO)oc2Br)CCC1. The van der Waals surface area contributed by atoms with Crippen molar-refractivity contribution in [1.29, 1.82) is 0 Å². The minimum atomic E-state index is -3.65. The fourth-order valence-electron chi connectivity index (χ4n) is 2.65. The van der Waals surface area contributed by atoms with Crippen LogP contribution in [0.5, 0.6) is 0 Å². The lowest BCUT2D eigenvalue weighted by Crippen LogP contribution is -2.57. The predicted octanol–water partition coefficient (Wildman–Crippen LogP) is 1.64. The van der Waals surface area contributed by atoms with Gasteiger partial charge in [-0.2, -0.15) is 4.31 Å². The van der Waals surface area contributed by atoms with Crippen molar-refractivity contribution in [2.24, 2.45) is 0 Å². The van der Waals surface area contributed by atoms with E-state index in [2.05, 4.69) is 20.8 Å². The first-order valence-corrected chi connectivity index (χ1v) is 8.99. The minimum Gasteiger partial charge on any atom is -0.450 e. The van der Waals surface area contributed by atoms with E-state index in [4.69, 9.17) is 9.52 Å². The molecule has 1 aromatic rings. The second kappa shape index (κ2) is 6.00. The van der Waals surface area contributed by atoms with Crippen molar-refractivity contribution in [3.8, 4) is 0 Å². The number of halogens is 1. The van der Waals surface area contributed by atoms with Gasteiger partial charge in [0.15, 0.2) is 4.67 Å². The van der Waals surface area contributed by atoms with Crippen LogP contribution in [-0.2, 0) is 16.6 Å². The fraction of sp³-hybridized carbons (Fsp3) is 0.692. The van der Waals surface area contributed by atoms with Crippen molar-refractivity contribution in [1.82, 2.24) is 9.21 Å². The van der Waals surface area contributed by atoms with E-state index < -0.39 is 10.0 Å². The number of sulfonamides is 1. The highest BCUT2D eigenvalue weighted by Gasteiger charge is 2.42. The molecule has 21 heavy (non-hydrogen) atoms. The topological polar surface area (TPSA) is 74.0 Å².